The molecule has 0 aliphatic carbocycles. The van der Waals surface area contributed by atoms with Crippen molar-refractivity contribution in [1.82, 2.24) is 0 Å². The van der Waals surface area contributed by atoms with Crippen LogP contribution < -0.4 is 22.6 Å². The Hall–Kier alpha value is -0.930. The summed E-state index contributed by atoms with van der Waals surface area (Å²) in [4.78, 5) is 0. The zero-order chi connectivity index (χ0) is 8.10. The second kappa shape index (κ2) is 5.69. The molecule has 0 saturated heterocycles. The fourth-order valence-corrected chi connectivity index (χ4v) is 0.817. The largest absolute Gasteiger partial charge is 1.00 e. The molecule has 1 aromatic rings. The Labute approximate surface area is 78.5 Å². The van der Waals surface area contributed by atoms with E-state index in [0.717, 1.165) is 11.4 Å². The Bertz CT molecular complexity index is 213. The third-order valence-corrected chi connectivity index (χ3v) is 1.35. The van der Waals surface area contributed by atoms with E-state index < -0.39 is 0 Å². The van der Waals surface area contributed by atoms with Crippen molar-refractivity contribution < 1.29 is 22.6 Å². The third kappa shape index (κ3) is 2.98. The molecule has 1 aromatic carbocycles. The molecular weight excluding hydrogens is 176 g/mol. The Balaban J connectivity index is 0.00000121. The number of hydrogen-bond acceptors (Lipinski definition) is 1. The number of nitrogens with zero attached hydrogens (tertiary/aromatic N) is 1. The van der Waals surface area contributed by atoms with Crippen LogP contribution in [0.15, 0.2) is 24.3 Å². The van der Waals surface area contributed by atoms with Crippen LogP contribution in [-0.4, -0.2) is 14.2 Å². The van der Waals surface area contributed by atoms with Crippen LogP contribution in [-0.2, 0) is 0 Å². The molecule has 0 aliphatic rings. The van der Waals surface area contributed by atoms with E-state index in [1.54, 1.807) is 12.5 Å². The lowest BCUT2D eigenvalue weighted by Gasteiger charge is -2.13. The summed E-state index contributed by atoms with van der Waals surface area (Å²) < 4.78 is 5.00. The minimum Gasteiger partial charge on any atom is -1.00 e. The molecule has 0 spiro atoms. The smallest absolute Gasteiger partial charge is 0.118 e. The summed E-state index contributed by atoms with van der Waals surface area (Å²) in [5.74, 6) is 0.861. The van der Waals surface area contributed by atoms with E-state index in [1.165, 1.54) is 0 Å². The van der Waals surface area contributed by atoms with E-state index in [9.17, 15) is 0 Å². The molecule has 1 rings (SSSR count). The standard InChI is InChI=1S/C8H12N2O.ClH/c1-9-10-7-3-5-8(11-2)6-4-7;/h3-6H,9H2,1-2H3;1H/p-1. The summed E-state index contributed by atoms with van der Waals surface area (Å²) >= 11 is 0. The van der Waals surface area contributed by atoms with Crippen LogP contribution in [0.2, 0.25) is 0 Å². The Morgan fingerprint density at radius 3 is 2.25 bits per heavy atom. The van der Waals surface area contributed by atoms with Crippen LogP contribution in [0, 0.1) is 0 Å². The van der Waals surface area contributed by atoms with Gasteiger partial charge in [0.15, 0.2) is 0 Å². The molecule has 3 nitrogen and oxygen atoms in total. The van der Waals surface area contributed by atoms with Crippen molar-refractivity contribution in [2.75, 3.05) is 14.2 Å². The van der Waals surface area contributed by atoms with Crippen molar-refractivity contribution in [3.8, 4) is 5.75 Å². The number of nitrogens with two attached hydrogens (primary N) is 1. The number of ether oxygens (including phenoxy) is 1. The maximum atomic E-state index is 5.00. The molecule has 0 bridgehead atoms. The minimum atomic E-state index is 0. The monoisotopic (exact) mass is 187 g/mol. The first-order valence-corrected chi connectivity index (χ1v) is 3.49. The lowest BCUT2D eigenvalue weighted by atomic mass is 10.3. The highest BCUT2D eigenvalue weighted by Gasteiger charge is 1.85. The molecule has 0 heterocycles. The van der Waals surface area contributed by atoms with E-state index in [2.05, 4.69) is 5.43 Å². The average molecular weight is 188 g/mol. The Morgan fingerprint density at radius 2 is 1.83 bits per heavy atom. The van der Waals surface area contributed by atoms with Crippen molar-refractivity contribution in [1.29, 1.82) is 0 Å². The SMILES string of the molecule is C[NH2+][N-]c1ccc(OC)cc1.[Cl-]. The maximum Gasteiger partial charge on any atom is 0.118 e. The number of hydrogen-bond donors (Lipinski definition) is 1. The normalized spacial score (nSPS) is 8.50. The molecule has 0 radical (unpaired) electrons. The Kier molecular flexibility index (Phi) is 5.25. The summed E-state index contributed by atoms with van der Waals surface area (Å²) in [6.45, 7) is 0. The molecule has 4 heteroatoms. The van der Waals surface area contributed by atoms with E-state index in [-0.39, 0.29) is 12.4 Å². The quantitative estimate of drug-likeness (QED) is 0.424. The van der Waals surface area contributed by atoms with Crippen LogP contribution in [0.25, 0.3) is 5.43 Å². The summed E-state index contributed by atoms with van der Waals surface area (Å²) in [5.41, 5.74) is 6.82. The predicted molar refractivity (Wildman–Crippen MR) is 43.9 cm³/mol. The van der Waals surface area contributed by atoms with Crippen LogP contribution in [0.4, 0.5) is 5.69 Å². The second-order valence-electron chi connectivity index (χ2n) is 2.09. The molecule has 0 fully saturated rings. The van der Waals surface area contributed by atoms with Crippen LogP contribution in [0.3, 0.4) is 0 Å². The predicted octanol–water partition coefficient (Wildman–Crippen LogP) is -2.19. The van der Waals surface area contributed by atoms with E-state index >= 15 is 0 Å². The van der Waals surface area contributed by atoms with Gasteiger partial charge in [0.2, 0.25) is 0 Å². The van der Waals surface area contributed by atoms with Crippen LogP contribution >= 0.6 is 0 Å². The van der Waals surface area contributed by atoms with Crippen molar-refractivity contribution >= 4 is 5.69 Å². The minimum absolute atomic E-state index is 0. The van der Waals surface area contributed by atoms with Gasteiger partial charge in [-0.1, -0.05) is 17.8 Å². The van der Waals surface area contributed by atoms with E-state index in [4.69, 9.17) is 4.74 Å². The summed E-state index contributed by atoms with van der Waals surface area (Å²) in [6.07, 6.45) is 0. The van der Waals surface area contributed by atoms with Crippen molar-refractivity contribution in [2.24, 2.45) is 0 Å². The lowest BCUT2D eigenvalue weighted by Crippen LogP contribution is -3.00. The molecule has 0 aliphatic heterocycles. The first-order chi connectivity index (χ1) is 5.36. The molecule has 0 amide bonds. The summed E-state index contributed by atoms with van der Waals surface area (Å²) in [6, 6.07) is 7.61. The molecule has 0 saturated carbocycles. The first kappa shape index (κ1) is 11.1. The van der Waals surface area contributed by atoms with Gasteiger partial charge in [-0.15, -0.1) is 0 Å². The van der Waals surface area contributed by atoms with Gasteiger partial charge >= 0.3 is 0 Å². The first-order valence-electron chi connectivity index (χ1n) is 3.49. The molecule has 12 heavy (non-hydrogen) atoms. The summed E-state index contributed by atoms with van der Waals surface area (Å²) in [5, 5.41) is 0. The molecule has 0 unspecified atom stereocenters. The van der Waals surface area contributed by atoms with Gasteiger partial charge in [0.05, 0.1) is 14.2 Å². The van der Waals surface area contributed by atoms with Gasteiger partial charge < -0.3 is 28.0 Å². The van der Waals surface area contributed by atoms with Crippen molar-refractivity contribution in [2.45, 2.75) is 0 Å². The van der Waals surface area contributed by atoms with Gasteiger partial charge in [0.25, 0.3) is 0 Å². The molecule has 68 valence electrons. The molecule has 0 atom stereocenters. The number of benzene rings is 1. The third-order valence-electron chi connectivity index (χ3n) is 1.35. The van der Waals surface area contributed by atoms with Gasteiger partial charge in [-0.3, -0.25) is 0 Å². The number of halogens is 1. The summed E-state index contributed by atoms with van der Waals surface area (Å²) in [7, 11) is 3.54. The zero-order valence-corrected chi connectivity index (χ0v) is 7.88. The number of methoxy groups -OCH3 is 1. The van der Waals surface area contributed by atoms with E-state index in [1.807, 2.05) is 31.3 Å². The fraction of sp³-hybridized carbons (Fsp3) is 0.250. The van der Waals surface area contributed by atoms with Gasteiger partial charge in [0, 0.05) is 0 Å². The molecular formula is C8H12ClN2O-. The van der Waals surface area contributed by atoms with Crippen LogP contribution in [0.5, 0.6) is 5.75 Å². The lowest BCUT2D eigenvalue weighted by molar-refractivity contribution is -0.571. The maximum absolute atomic E-state index is 5.00. The van der Waals surface area contributed by atoms with Crippen LogP contribution in [0.1, 0.15) is 0 Å². The zero-order valence-electron chi connectivity index (χ0n) is 7.12. The highest BCUT2D eigenvalue weighted by atomic mass is 35.5. The second-order valence-corrected chi connectivity index (χ2v) is 2.09. The average Bonchev–Trinajstić information content (AvgIpc) is 2.07. The van der Waals surface area contributed by atoms with Gasteiger partial charge in [0.1, 0.15) is 5.75 Å². The van der Waals surface area contributed by atoms with E-state index in [0.29, 0.717) is 0 Å². The number of quaternary nitrogens is 1. The van der Waals surface area contributed by atoms with Gasteiger partial charge in [-0.05, 0) is 12.1 Å². The van der Waals surface area contributed by atoms with Crippen molar-refractivity contribution in [3.63, 3.8) is 0 Å². The fourth-order valence-electron chi connectivity index (χ4n) is 0.817. The Morgan fingerprint density at radius 1 is 1.25 bits per heavy atom. The number of rotatable bonds is 3. The molecule has 2 N–H and O–H groups in total. The van der Waals surface area contributed by atoms with Gasteiger partial charge in [-0.2, -0.15) is 0 Å². The highest BCUT2D eigenvalue weighted by molar-refractivity contribution is 5.47. The van der Waals surface area contributed by atoms with Gasteiger partial charge in [-0.25, -0.2) is 0 Å². The molecule has 0 aromatic heterocycles. The van der Waals surface area contributed by atoms with Crippen molar-refractivity contribution in [3.05, 3.63) is 29.7 Å². The highest BCUT2D eigenvalue weighted by Crippen LogP contribution is 2.17. The topological polar surface area (TPSA) is 39.9 Å².